The molecule has 2 aromatic heterocycles. The van der Waals surface area contributed by atoms with E-state index >= 15 is 0 Å². The molecule has 0 aliphatic carbocycles. The molecule has 0 spiro atoms. The van der Waals surface area contributed by atoms with Gasteiger partial charge in [-0.05, 0) is 6.92 Å². The molecule has 6 heteroatoms. The zero-order valence-corrected chi connectivity index (χ0v) is 8.33. The highest BCUT2D eigenvalue weighted by atomic mass is 35.5. The summed E-state index contributed by atoms with van der Waals surface area (Å²) in [4.78, 5) is 12.8. The van der Waals surface area contributed by atoms with Crippen LogP contribution in [-0.2, 0) is 0 Å². The summed E-state index contributed by atoms with van der Waals surface area (Å²) in [5.74, 6) is 0. The molecule has 0 aliphatic rings. The fourth-order valence-electron chi connectivity index (χ4n) is 0.825. The largest absolute Gasteiger partial charge is 0.220 e. The van der Waals surface area contributed by atoms with Crippen LogP contribution < -0.4 is 0 Å². The summed E-state index contributed by atoms with van der Waals surface area (Å²) in [6.07, 6.45) is 0. The number of rotatable bonds is 0. The van der Waals surface area contributed by atoms with E-state index < -0.39 is 0 Å². The minimum Gasteiger partial charge on any atom is -0.220 e. The van der Waals surface area contributed by atoms with Crippen molar-refractivity contribution in [3.63, 3.8) is 0 Å². The summed E-state index contributed by atoms with van der Waals surface area (Å²) in [6.45, 7) is 1.88. The van der Waals surface area contributed by atoms with E-state index in [4.69, 9.17) is 23.2 Å². The Kier molecular flexibility index (Phi) is 1.90. The second-order valence-electron chi connectivity index (χ2n) is 2.17. The number of fused-ring (bicyclic) bond motifs is 1. The number of hydrogen-bond acceptors (Lipinski definition) is 4. The predicted octanol–water partition coefficient (Wildman–Crippen LogP) is 2.70. The van der Waals surface area contributed by atoms with Gasteiger partial charge in [0.15, 0.2) is 20.8 Å². The Morgan fingerprint density at radius 3 is 2.50 bits per heavy atom. The summed E-state index contributed by atoms with van der Waals surface area (Å²) < 4.78 is 0. The van der Waals surface area contributed by atoms with Crippen molar-refractivity contribution in [2.24, 2.45) is 0 Å². The molecule has 0 unspecified atom stereocenters. The van der Waals surface area contributed by atoms with E-state index in [1.165, 1.54) is 11.3 Å². The van der Waals surface area contributed by atoms with Gasteiger partial charge >= 0.3 is 0 Å². The van der Waals surface area contributed by atoms with Gasteiger partial charge in [-0.25, -0.2) is 15.0 Å². The summed E-state index contributed by atoms with van der Waals surface area (Å²) in [5.41, 5.74) is 0.562. The van der Waals surface area contributed by atoms with E-state index in [0.717, 1.165) is 9.84 Å². The van der Waals surface area contributed by atoms with Crippen LogP contribution in [0.25, 0.3) is 10.5 Å². The SMILES string of the molecule is Cc1nc2nc(Cl)c(Cl)nc2s1. The smallest absolute Gasteiger partial charge is 0.191 e. The highest BCUT2D eigenvalue weighted by Crippen LogP contribution is 2.24. The predicted molar refractivity (Wildman–Crippen MR) is 50.0 cm³/mol. The molecule has 0 atom stereocenters. The molecule has 0 radical (unpaired) electrons. The molecule has 2 aromatic rings. The molecular weight excluding hydrogens is 217 g/mol. The number of thiazole rings is 1. The van der Waals surface area contributed by atoms with Crippen molar-refractivity contribution in [2.45, 2.75) is 6.92 Å². The molecule has 0 N–H and O–H groups in total. The Morgan fingerprint density at radius 2 is 1.75 bits per heavy atom. The van der Waals surface area contributed by atoms with Crippen LogP contribution in [0.1, 0.15) is 5.01 Å². The first-order valence-corrected chi connectivity index (χ1v) is 4.70. The highest BCUT2D eigenvalue weighted by Gasteiger charge is 2.07. The van der Waals surface area contributed by atoms with E-state index in [0.29, 0.717) is 5.65 Å². The van der Waals surface area contributed by atoms with E-state index in [1.807, 2.05) is 6.92 Å². The molecule has 0 amide bonds. The van der Waals surface area contributed by atoms with Gasteiger partial charge in [0.25, 0.3) is 0 Å². The third-order valence-electron chi connectivity index (χ3n) is 1.27. The van der Waals surface area contributed by atoms with E-state index in [-0.39, 0.29) is 10.3 Å². The summed E-state index contributed by atoms with van der Waals surface area (Å²) in [7, 11) is 0. The molecule has 2 heterocycles. The standard InChI is InChI=1S/C6H3Cl2N3S/c1-2-9-5-6(12-2)11-4(8)3(7)10-5/h1H3. The lowest BCUT2D eigenvalue weighted by molar-refractivity contribution is 1.23. The van der Waals surface area contributed by atoms with Gasteiger partial charge in [0, 0.05) is 0 Å². The van der Waals surface area contributed by atoms with Crippen molar-refractivity contribution < 1.29 is 0 Å². The first-order valence-electron chi connectivity index (χ1n) is 3.13. The topological polar surface area (TPSA) is 38.7 Å². The molecule has 62 valence electrons. The van der Waals surface area contributed by atoms with Crippen LogP contribution in [0, 0.1) is 6.92 Å². The minimum absolute atomic E-state index is 0.203. The average Bonchev–Trinajstić information content (AvgIpc) is 2.30. The van der Waals surface area contributed by atoms with Gasteiger partial charge in [0.2, 0.25) is 0 Å². The number of hydrogen-bond donors (Lipinski definition) is 0. The van der Waals surface area contributed by atoms with Gasteiger partial charge in [-0.1, -0.05) is 34.5 Å². The minimum atomic E-state index is 0.203. The lowest BCUT2D eigenvalue weighted by Gasteiger charge is -1.90. The number of nitrogens with zero attached hydrogens (tertiary/aromatic N) is 3. The van der Waals surface area contributed by atoms with Gasteiger partial charge in [0.05, 0.1) is 5.01 Å². The van der Waals surface area contributed by atoms with E-state index in [9.17, 15) is 0 Å². The number of aryl methyl sites for hydroxylation is 1. The number of aromatic nitrogens is 3. The van der Waals surface area contributed by atoms with Gasteiger partial charge in [-0.3, -0.25) is 0 Å². The van der Waals surface area contributed by atoms with Crippen molar-refractivity contribution in [3.8, 4) is 0 Å². The molecule has 0 saturated carbocycles. The van der Waals surface area contributed by atoms with Crippen molar-refractivity contribution >= 4 is 45.0 Å². The Hall–Kier alpha value is -0.450. The molecule has 0 aromatic carbocycles. The van der Waals surface area contributed by atoms with E-state index in [2.05, 4.69) is 15.0 Å². The first kappa shape index (κ1) is 8.16. The third-order valence-corrected chi connectivity index (χ3v) is 2.75. The first-order chi connectivity index (χ1) is 5.66. The summed E-state index contributed by atoms with van der Waals surface area (Å²) in [5, 5.41) is 1.34. The van der Waals surface area contributed by atoms with Gasteiger partial charge < -0.3 is 0 Å². The molecule has 2 rings (SSSR count). The fourth-order valence-corrected chi connectivity index (χ4v) is 1.86. The Balaban J connectivity index is 2.83. The van der Waals surface area contributed by atoms with Crippen LogP contribution in [0.4, 0.5) is 0 Å². The molecule has 0 aliphatic heterocycles. The average molecular weight is 220 g/mol. The van der Waals surface area contributed by atoms with Crippen LogP contribution in [0.3, 0.4) is 0 Å². The molecule has 0 fully saturated rings. The van der Waals surface area contributed by atoms with E-state index in [1.54, 1.807) is 0 Å². The Bertz CT molecular complexity index is 401. The maximum Gasteiger partial charge on any atom is 0.191 e. The maximum atomic E-state index is 5.67. The van der Waals surface area contributed by atoms with Gasteiger partial charge in [-0.2, -0.15) is 0 Å². The van der Waals surface area contributed by atoms with Crippen molar-refractivity contribution in [1.82, 2.24) is 15.0 Å². The quantitative estimate of drug-likeness (QED) is 0.685. The monoisotopic (exact) mass is 219 g/mol. The fraction of sp³-hybridized carbons (Fsp3) is 0.167. The molecule has 12 heavy (non-hydrogen) atoms. The number of halogens is 2. The normalized spacial score (nSPS) is 10.9. The van der Waals surface area contributed by atoms with Crippen molar-refractivity contribution in [2.75, 3.05) is 0 Å². The molecular formula is C6H3Cl2N3S. The lowest BCUT2D eigenvalue weighted by Crippen LogP contribution is -1.83. The zero-order chi connectivity index (χ0) is 8.72. The second kappa shape index (κ2) is 2.80. The Morgan fingerprint density at radius 1 is 1.08 bits per heavy atom. The summed E-state index contributed by atoms with van der Waals surface area (Å²) in [6, 6.07) is 0. The van der Waals surface area contributed by atoms with Crippen LogP contribution >= 0.6 is 34.5 Å². The van der Waals surface area contributed by atoms with Gasteiger partial charge in [-0.15, -0.1) is 0 Å². The maximum absolute atomic E-state index is 5.67. The molecule has 3 nitrogen and oxygen atoms in total. The highest BCUT2D eigenvalue weighted by molar-refractivity contribution is 7.18. The van der Waals surface area contributed by atoms with Crippen LogP contribution in [0.5, 0.6) is 0 Å². The molecule has 0 saturated heterocycles. The second-order valence-corrected chi connectivity index (χ2v) is 4.06. The molecule has 0 bridgehead atoms. The Labute approximate surface area is 82.4 Å². The van der Waals surface area contributed by atoms with Crippen LogP contribution in [-0.4, -0.2) is 15.0 Å². The zero-order valence-electron chi connectivity index (χ0n) is 6.01. The van der Waals surface area contributed by atoms with Crippen molar-refractivity contribution in [3.05, 3.63) is 15.3 Å². The van der Waals surface area contributed by atoms with Gasteiger partial charge in [0.1, 0.15) is 0 Å². The lowest BCUT2D eigenvalue weighted by atomic mass is 10.7. The van der Waals surface area contributed by atoms with Crippen LogP contribution in [0.2, 0.25) is 10.3 Å². The third kappa shape index (κ3) is 1.26. The van der Waals surface area contributed by atoms with Crippen LogP contribution in [0.15, 0.2) is 0 Å². The van der Waals surface area contributed by atoms with Crippen molar-refractivity contribution in [1.29, 1.82) is 0 Å². The summed E-state index contributed by atoms with van der Waals surface area (Å²) >= 11 is 12.8.